The van der Waals surface area contributed by atoms with E-state index < -0.39 is 0 Å². The van der Waals surface area contributed by atoms with Crippen LogP contribution in [0, 0.1) is 0 Å². The minimum atomic E-state index is 0.520. The second-order valence-corrected chi connectivity index (χ2v) is 16.3. The molecule has 0 aliphatic rings. The van der Waals surface area contributed by atoms with Crippen molar-refractivity contribution in [2.24, 2.45) is 0 Å². The Labute approximate surface area is 358 Å². The fourth-order valence-electron chi connectivity index (χ4n) is 9.91. The minimum Gasteiger partial charge on any atom is -0.456 e. The molecular weight excluding hydrogens is 773 g/mol. The molecule has 0 spiro atoms. The number of hydrogen-bond donors (Lipinski definition) is 0. The number of furan rings is 2. The van der Waals surface area contributed by atoms with Crippen molar-refractivity contribution in [2.75, 3.05) is 0 Å². The fraction of sp³-hybridized carbons (Fsp3) is 0. The minimum absolute atomic E-state index is 0.520. The zero-order valence-corrected chi connectivity index (χ0v) is 33.6. The molecule has 0 aliphatic heterocycles. The van der Waals surface area contributed by atoms with Gasteiger partial charge in [-0.15, -0.1) is 0 Å². The topological polar surface area (TPSA) is 69.9 Å². The number of para-hydroxylation sites is 2. The van der Waals surface area contributed by atoms with Crippen molar-refractivity contribution in [1.29, 1.82) is 0 Å². The molecule has 0 fully saturated rings. The van der Waals surface area contributed by atoms with E-state index in [4.69, 9.17) is 23.8 Å². The highest BCUT2D eigenvalue weighted by molar-refractivity contribution is 6.24. The van der Waals surface area contributed by atoms with Crippen LogP contribution in [0.1, 0.15) is 0 Å². The van der Waals surface area contributed by atoms with Crippen molar-refractivity contribution >= 4 is 98.0 Å². The molecule has 0 atom stereocenters. The summed E-state index contributed by atoms with van der Waals surface area (Å²) >= 11 is 0. The van der Waals surface area contributed by atoms with Crippen molar-refractivity contribution < 1.29 is 8.83 Å². The van der Waals surface area contributed by atoms with Crippen LogP contribution < -0.4 is 0 Å². The Morgan fingerprint density at radius 2 is 0.905 bits per heavy atom. The lowest BCUT2D eigenvalue weighted by Crippen LogP contribution is -2.07. The van der Waals surface area contributed by atoms with Crippen LogP contribution in [0.15, 0.2) is 203 Å². The predicted octanol–water partition coefficient (Wildman–Crippen LogP) is 15.2. The van der Waals surface area contributed by atoms with Crippen LogP contribution in [0.3, 0.4) is 0 Å². The first-order valence-corrected chi connectivity index (χ1v) is 21.2. The van der Waals surface area contributed by atoms with Crippen LogP contribution in [0.2, 0.25) is 0 Å². The van der Waals surface area contributed by atoms with Gasteiger partial charge < -0.3 is 8.83 Å². The average molecular weight is 805 g/mol. The molecule has 6 nitrogen and oxygen atoms in total. The van der Waals surface area contributed by atoms with Crippen LogP contribution in [0.4, 0.5) is 0 Å². The van der Waals surface area contributed by atoms with E-state index in [0.717, 1.165) is 109 Å². The Kier molecular flexibility index (Phi) is 7.02. The fourth-order valence-corrected chi connectivity index (χ4v) is 9.91. The summed E-state index contributed by atoms with van der Waals surface area (Å²) in [6, 6.07) is 68.0. The Balaban J connectivity index is 1.06. The molecule has 0 aliphatic carbocycles. The van der Waals surface area contributed by atoms with E-state index in [0.29, 0.717) is 17.6 Å². The summed E-state index contributed by atoms with van der Waals surface area (Å²) in [5, 5.41) is 13.6. The lowest BCUT2D eigenvalue weighted by Gasteiger charge is -2.13. The third-order valence-corrected chi connectivity index (χ3v) is 12.8. The van der Waals surface area contributed by atoms with Gasteiger partial charge in [0.1, 0.15) is 22.3 Å². The summed E-state index contributed by atoms with van der Waals surface area (Å²) in [6.07, 6.45) is 0. The molecule has 63 heavy (non-hydrogen) atoms. The molecule has 14 rings (SSSR count). The number of nitrogens with zero attached hydrogens (tertiary/aromatic N) is 4. The van der Waals surface area contributed by atoms with Crippen LogP contribution >= 0.6 is 0 Å². The van der Waals surface area contributed by atoms with Gasteiger partial charge in [0.05, 0.1) is 11.0 Å². The molecule has 0 unspecified atom stereocenters. The smallest absolute Gasteiger partial charge is 0.238 e. The predicted molar refractivity (Wildman–Crippen MR) is 258 cm³/mol. The summed E-state index contributed by atoms with van der Waals surface area (Å²) in [5.41, 5.74) is 9.15. The SMILES string of the molecule is c1ccc2cc(-c3nc(-c4ccc5c(c4)oc4ccccc45)nc(-n4c5ccc6ccccc6c5c5cccc(-c6ccc7c(c6)oc6ccc8ccccc8c67)c54)n3)ccc2c1. The summed E-state index contributed by atoms with van der Waals surface area (Å²) < 4.78 is 15.3. The zero-order chi connectivity index (χ0) is 41.2. The van der Waals surface area contributed by atoms with Crippen LogP contribution in [-0.2, 0) is 0 Å². The van der Waals surface area contributed by atoms with Crippen LogP contribution in [0.5, 0.6) is 0 Å². The Morgan fingerprint density at radius 3 is 1.75 bits per heavy atom. The lowest BCUT2D eigenvalue weighted by atomic mass is 9.98. The first kappa shape index (κ1) is 34.1. The van der Waals surface area contributed by atoms with Gasteiger partial charge in [-0.25, -0.2) is 4.98 Å². The molecule has 0 radical (unpaired) electrons. The summed E-state index contributed by atoms with van der Waals surface area (Å²) in [7, 11) is 0. The molecule has 4 heterocycles. The maximum Gasteiger partial charge on any atom is 0.238 e. The number of hydrogen-bond acceptors (Lipinski definition) is 5. The van der Waals surface area contributed by atoms with E-state index in [1.54, 1.807) is 0 Å². The second kappa shape index (κ2) is 12.9. The second-order valence-electron chi connectivity index (χ2n) is 16.3. The van der Waals surface area contributed by atoms with Crippen molar-refractivity contribution in [2.45, 2.75) is 0 Å². The molecule has 6 heteroatoms. The van der Waals surface area contributed by atoms with Crippen molar-refractivity contribution in [3.05, 3.63) is 194 Å². The molecule has 14 aromatic rings. The molecule has 0 bridgehead atoms. The van der Waals surface area contributed by atoms with Gasteiger partial charge >= 0.3 is 0 Å². The van der Waals surface area contributed by atoms with E-state index in [2.05, 4.69) is 180 Å². The highest BCUT2D eigenvalue weighted by atomic mass is 16.3. The van der Waals surface area contributed by atoms with E-state index in [9.17, 15) is 0 Å². The number of rotatable bonds is 4. The number of aromatic nitrogens is 4. The summed E-state index contributed by atoms with van der Waals surface area (Å²) in [6.45, 7) is 0. The van der Waals surface area contributed by atoms with E-state index in [-0.39, 0.29) is 0 Å². The first-order valence-electron chi connectivity index (χ1n) is 21.2. The van der Waals surface area contributed by atoms with Crippen molar-refractivity contribution in [3.8, 4) is 39.9 Å². The van der Waals surface area contributed by atoms with Gasteiger partial charge in [0.25, 0.3) is 0 Å². The largest absolute Gasteiger partial charge is 0.456 e. The maximum atomic E-state index is 6.63. The van der Waals surface area contributed by atoms with Gasteiger partial charge in [-0.2, -0.15) is 9.97 Å². The standard InChI is InChI=1S/C57H32N4O2/c1-2-13-36-30-38(21-20-33(36)10-1)55-58-56(39-23-26-44-43-16-7-8-19-48(43)62-50(44)32-39)60-57(59-55)61-47-28-24-34-11-3-5-14-40(34)52(47)46-18-9-17-42(54(46)61)37-22-27-45-51(31-37)63-49-29-25-35-12-4-6-15-41(35)53(45)49/h1-32H. The van der Waals surface area contributed by atoms with Crippen molar-refractivity contribution in [3.63, 3.8) is 0 Å². The Hall–Kier alpha value is -8.61. The molecular formula is C57H32N4O2. The third kappa shape index (κ3) is 5.09. The molecule has 0 amide bonds. The molecule has 4 aromatic heterocycles. The normalized spacial score (nSPS) is 12.1. The van der Waals surface area contributed by atoms with E-state index in [1.165, 1.54) is 10.8 Å². The molecule has 0 saturated heterocycles. The highest BCUT2D eigenvalue weighted by Crippen LogP contribution is 2.43. The third-order valence-electron chi connectivity index (χ3n) is 12.8. The van der Waals surface area contributed by atoms with Gasteiger partial charge in [0, 0.05) is 49.0 Å². The van der Waals surface area contributed by atoms with Crippen LogP contribution in [0.25, 0.3) is 138 Å². The van der Waals surface area contributed by atoms with Crippen molar-refractivity contribution in [1.82, 2.24) is 19.5 Å². The summed E-state index contributed by atoms with van der Waals surface area (Å²) in [4.78, 5) is 16.0. The average Bonchev–Trinajstić information content (AvgIpc) is 4.03. The van der Waals surface area contributed by atoms with Gasteiger partial charge in [-0.3, -0.25) is 4.57 Å². The molecule has 0 saturated carbocycles. The number of benzene rings is 10. The van der Waals surface area contributed by atoms with Gasteiger partial charge in [-0.05, 0) is 86.4 Å². The molecule has 292 valence electrons. The van der Waals surface area contributed by atoms with Crippen LogP contribution in [-0.4, -0.2) is 19.5 Å². The van der Waals surface area contributed by atoms with Gasteiger partial charge in [0.15, 0.2) is 11.6 Å². The first-order chi connectivity index (χ1) is 31.2. The molecule has 0 N–H and O–H groups in total. The van der Waals surface area contributed by atoms with E-state index in [1.807, 2.05) is 18.2 Å². The monoisotopic (exact) mass is 804 g/mol. The van der Waals surface area contributed by atoms with E-state index >= 15 is 0 Å². The quantitative estimate of drug-likeness (QED) is 0.177. The molecule has 10 aromatic carbocycles. The zero-order valence-electron chi connectivity index (χ0n) is 33.6. The van der Waals surface area contributed by atoms with Gasteiger partial charge in [0.2, 0.25) is 5.95 Å². The number of fused-ring (bicyclic) bond motifs is 14. The Bertz CT molecular complexity index is 4230. The highest BCUT2D eigenvalue weighted by Gasteiger charge is 2.23. The lowest BCUT2D eigenvalue weighted by molar-refractivity contribution is 0.668. The maximum absolute atomic E-state index is 6.63. The Morgan fingerprint density at radius 1 is 0.333 bits per heavy atom. The van der Waals surface area contributed by atoms with Gasteiger partial charge in [-0.1, -0.05) is 146 Å². The summed E-state index contributed by atoms with van der Waals surface area (Å²) in [5.74, 6) is 1.65.